The standard InChI is InChI=1S/C20H42N2O2/c1-2-3-4-5-6-7-8-9-10-11-12-13-14-15-17-22-18-16-19(21)20(23)24/h19,22H,2-18,21H2,1H3,(H,23,24)/t19-/m0/s1. The van der Waals surface area contributed by atoms with Crippen LogP contribution in [0.25, 0.3) is 0 Å². The Hall–Kier alpha value is -0.610. The minimum Gasteiger partial charge on any atom is -0.480 e. The summed E-state index contributed by atoms with van der Waals surface area (Å²) in [5.41, 5.74) is 5.44. The number of hydrogen-bond acceptors (Lipinski definition) is 3. The average Bonchev–Trinajstić information content (AvgIpc) is 2.57. The first-order valence-corrected chi connectivity index (χ1v) is 10.4. The molecule has 0 aliphatic rings. The van der Waals surface area contributed by atoms with Crippen molar-refractivity contribution in [2.45, 2.75) is 109 Å². The topological polar surface area (TPSA) is 75.3 Å². The number of nitrogens with one attached hydrogen (secondary N) is 1. The van der Waals surface area contributed by atoms with E-state index in [0.29, 0.717) is 13.0 Å². The predicted octanol–water partition coefficient (Wildman–Crippen LogP) is 4.86. The van der Waals surface area contributed by atoms with Gasteiger partial charge in [-0.15, -0.1) is 0 Å². The van der Waals surface area contributed by atoms with Gasteiger partial charge in [0.15, 0.2) is 0 Å². The van der Waals surface area contributed by atoms with E-state index in [1.54, 1.807) is 0 Å². The van der Waals surface area contributed by atoms with Crippen LogP contribution < -0.4 is 11.1 Å². The normalized spacial score (nSPS) is 12.4. The van der Waals surface area contributed by atoms with Crippen LogP contribution in [0.2, 0.25) is 0 Å². The van der Waals surface area contributed by atoms with Crippen molar-refractivity contribution in [3.8, 4) is 0 Å². The maximum Gasteiger partial charge on any atom is 0.320 e. The summed E-state index contributed by atoms with van der Waals surface area (Å²) in [7, 11) is 0. The van der Waals surface area contributed by atoms with Crippen LogP contribution >= 0.6 is 0 Å². The van der Waals surface area contributed by atoms with Gasteiger partial charge in [0.2, 0.25) is 0 Å². The van der Waals surface area contributed by atoms with Gasteiger partial charge in [-0.05, 0) is 25.9 Å². The number of unbranched alkanes of at least 4 members (excludes halogenated alkanes) is 13. The van der Waals surface area contributed by atoms with Gasteiger partial charge in [0.05, 0.1) is 0 Å². The van der Waals surface area contributed by atoms with Crippen molar-refractivity contribution in [1.82, 2.24) is 5.32 Å². The molecule has 0 bridgehead atoms. The average molecular weight is 343 g/mol. The van der Waals surface area contributed by atoms with E-state index < -0.39 is 12.0 Å². The number of carbonyl (C=O) groups is 1. The Balaban J connectivity index is 3.04. The third-order valence-electron chi connectivity index (χ3n) is 4.66. The highest BCUT2D eigenvalue weighted by Gasteiger charge is 2.09. The summed E-state index contributed by atoms with van der Waals surface area (Å²) < 4.78 is 0. The van der Waals surface area contributed by atoms with Gasteiger partial charge in [0.1, 0.15) is 6.04 Å². The lowest BCUT2D eigenvalue weighted by molar-refractivity contribution is -0.138. The Bertz CT molecular complexity index is 272. The lowest BCUT2D eigenvalue weighted by Gasteiger charge is -2.07. The van der Waals surface area contributed by atoms with Gasteiger partial charge in [0.25, 0.3) is 0 Å². The first kappa shape index (κ1) is 23.4. The van der Waals surface area contributed by atoms with Crippen LogP contribution in [-0.4, -0.2) is 30.2 Å². The summed E-state index contributed by atoms with van der Waals surface area (Å²) in [5, 5.41) is 11.9. The van der Waals surface area contributed by atoms with Crippen molar-refractivity contribution in [2.75, 3.05) is 13.1 Å². The zero-order valence-electron chi connectivity index (χ0n) is 16.0. The van der Waals surface area contributed by atoms with Crippen molar-refractivity contribution in [1.29, 1.82) is 0 Å². The lowest BCUT2D eigenvalue weighted by Crippen LogP contribution is -2.33. The number of carboxylic acids is 1. The molecule has 1 atom stereocenters. The van der Waals surface area contributed by atoms with Crippen molar-refractivity contribution in [3.05, 3.63) is 0 Å². The minimum atomic E-state index is -0.909. The van der Waals surface area contributed by atoms with Gasteiger partial charge in [-0.3, -0.25) is 4.79 Å². The van der Waals surface area contributed by atoms with E-state index in [0.717, 1.165) is 6.54 Å². The van der Waals surface area contributed by atoms with E-state index in [4.69, 9.17) is 10.8 Å². The molecule has 0 rings (SSSR count). The highest BCUT2D eigenvalue weighted by Crippen LogP contribution is 2.12. The summed E-state index contributed by atoms with van der Waals surface area (Å²) in [5.74, 6) is -0.909. The van der Waals surface area contributed by atoms with Crippen LogP contribution in [0.15, 0.2) is 0 Å². The summed E-state index contributed by atoms with van der Waals surface area (Å²) in [4.78, 5) is 10.5. The van der Waals surface area contributed by atoms with Crippen molar-refractivity contribution >= 4 is 5.97 Å². The number of nitrogens with two attached hydrogens (primary N) is 1. The second-order valence-corrected chi connectivity index (χ2v) is 7.08. The van der Waals surface area contributed by atoms with Crippen molar-refractivity contribution in [2.24, 2.45) is 5.73 Å². The van der Waals surface area contributed by atoms with Crippen LogP contribution in [0.5, 0.6) is 0 Å². The summed E-state index contributed by atoms with van der Waals surface area (Å²) in [6, 6.07) is -0.728. The van der Waals surface area contributed by atoms with Crippen LogP contribution in [-0.2, 0) is 4.79 Å². The summed E-state index contributed by atoms with van der Waals surface area (Å²) in [6.45, 7) is 3.95. The Morgan fingerprint density at radius 3 is 1.62 bits per heavy atom. The van der Waals surface area contributed by atoms with E-state index in [2.05, 4.69) is 12.2 Å². The van der Waals surface area contributed by atoms with Gasteiger partial charge in [-0.25, -0.2) is 0 Å². The predicted molar refractivity (Wildman–Crippen MR) is 103 cm³/mol. The molecule has 24 heavy (non-hydrogen) atoms. The molecule has 0 aliphatic heterocycles. The number of aliphatic carboxylic acids is 1. The van der Waals surface area contributed by atoms with Gasteiger partial charge in [0, 0.05) is 0 Å². The number of hydrogen-bond donors (Lipinski definition) is 3. The molecule has 0 aromatic rings. The molecule has 4 N–H and O–H groups in total. The second-order valence-electron chi connectivity index (χ2n) is 7.08. The molecule has 0 aromatic carbocycles. The lowest BCUT2D eigenvalue weighted by atomic mass is 10.0. The fraction of sp³-hybridized carbons (Fsp3) is 0.950. The largest absolute Gasteiger partial charge is 0.480 e. The van der Waals surface area contributed by atoms with Crippen LogP contribution in [0, 0.1) is 0 Å². The Morgan fingerprint density at radius 2 is 1.21 bits per heavy atom. The molecule has 0 saturated carbocycles. The molecule has 0 radical (unpaired) electrons. The van der Waals surface area contributed by atoms with Gasteiger partial charge < -0.3 is 16.2 Å². The molecule has 0 saturated heterocycles. The molecule has 0 fully saturated rings. The Morgan fingerprint density at radius 1 is 0.792 bits per heavy atom. The van der Waals surface area contributed by atoms with E-state index in [-0.39, 0.29) is 0 Å². The molecule has 144 valence electrons. The molecule has 4 heteroatoms. The van der Waals surface area contributed by atoms with E-state index in [1.165, 1.54) is 89.9 Å². The SMILES string of the molecule is CCCCCCCCCCCCCCCCNCC[C@H](N)C(=O)O. The molecule has 0 aromatic heterocycles. The Labute approximate surface area is 150 Å². The molecule has 0 amide bonds. The van der Waals surface area contributed by atoms with Crippen LogP contribution in [0.1, 0.15) is 103 Å². The smallest absolute Gasteiger partial charge is 0.320 e. The minimum absolute atomic E-state index is 0.508. The van der Waals surface area contributed by atoms with Crippen LogP contribution in [0.3, 0.4) is 0 Å². The first-order chi connectivity index (χ1) is 11.7. The number of carboxylic acid groups (broad SMARTS) is 1. The highest BCUT2D eigenvalue weighted by atomic mass is 16.4. The quantitative estimate of drug-likeness (QED) is 0.293. The molecule has 4 nitrogen and oxygen atoms in total. The van der Waals surface area contributed by atoms with Crippen LogP contribution in [0.4, 0.5) is 0 Å². The third-order valence-corrected chi connectivity index (χ3v) is 4.66. The zero-order chi connectivity index (χ0) is 17.9. The maximum atomic E-state index is 10.5. The number of rotatable bonds is 19. The fourth-order valence-electron chi connectivity index (χ4n) is 2.95. The maximum absolute atomic E-state index is 10.5. The molecule has 0 heterocycles. The summed E-state index contributed by atoms with van der Waals surface area (Å²) in [6.07, 6.45) is 19.8. The molecular formula is C20H42N2O2. The van der Waals surface area contributed by atoms with Crippen molar-refractivity contribution < 1.29 is 9.90 Å². The molecule has 0 unspecified atom stereocenters. The third kappa shape index (κ3) is 17.7. The van der Waals surface area contributed by atoms with Gasteiger partial charge in [-0.1, -0.05) is 90.4 Å². The van der Waals surface area contributed by atoms with Gasteiger partial charge >= 0.3 is 5.97 Å². The van der Waals surface area contributed by atoms with Gasteiger partial charge in [-0.2, -0.15) is 0 Å². The fourth-order valence-corrected chi connectivity index (χ4v) is 2.95. The van der Waals surface area contributed by atoms with E-state index >= 15 is 0 Å². The van der Waals surface area contributed by atoms with E-state index in [9.17, 15) is 4.79 Å². The molecular weight excluding hydrogens is 300 g/mol. The monoisotopic (exact) mass is 342 g/mol. The Kier molecular flexibility index (Phi) is 18.2. The molecule has 0 aliphatic carbocycles. The zero-order valence-corrected chi connectivity index (χ0v) is 16.0. The summed E-state index contributed by atoms with van der Waals surface area (Å²) >= 11 is 0. The van der Waals surface area contributed by atoms with E-state index in [1.807, 2.05) is 0 Å². The highest BCUT2D eigenvalue weighted by molar-refractivity contribution is 5.72. The second kappa shape index (κ2) is 18.7. The molecule has 0 spiro atoms. The van der Waals surface area contributed by atoms with Crippen molar-refractivity contribution in [3.63, 3.8) is 0 Å². The first-order valence-electron chi connectivity index (χ1n) is 10.4.